The number of halogens is 1. The molecular weight excluding hydrogens is 277 g/mol. The van der Waals surface area contributed by atoms with Crippen LogP contribution in [0, 0.1) is 5.82 Å². The van der Waals surface area contributed by atoms with E-state index in [0.717, 1.165) is 6.07 Å². The lowest BCUT2D eigenvalue weighted by Crippen LogP contribution is -2.28. The predicted octanol–water partition coefficient (Wildman–Crippen LogP) is 2.10. The van der Waals surface area contributed by atoms with Gasteiger partial charge in [-0.1, -0.05) is 0 Å². The number of benzene rings is 1. The summed E-state index contributed by atoms with van der Waals surface area (Å²) in [4.78, 5) is 23.1. The highest BCUT2D eigenvalue weighted by molar-refractivity contribution is 5.96. The van der Waals surface area contributed by atoms with Crippen LogP contribution in [0.3, 0.4) is 0 Å². The zero-order chi connectivity index (χ0) is 15.2. The summed E-state index contributed by atoms with van der Waals surface area (Å²) in [5.41, 5.74) is 0.174. The van der Waals surface area contributed by atoms with Crippen LogP contribution in [0.5, 0.6) is 0 Å². The Hall–Kier alpha value is -2.83. The normalized spacial score (nSPS) is 10.0. The molecule has 3 N–H and O–H groups in total. The van der Waals surface area contributed by atoms with Crippen LogP contribution in [0.15, 0.2) is 41.0 Å². The van der Waals surface area contributed by atoms with Gasteiger partial charge >= 0.3 is 6.03 Å². The topological polar surface area (TPSA) is 83.4 Å². The molecule has 0 radical (unpaired) electrons. The Balaban J connectivity index is 1.99. The molecule has 21 heavy (non-hydrogen) atoms. The van der Waals surface area contributed by atoms with Gasteiger partial charge in [0.25, 0.3) is 5.91 Å². The minimum Gasteiger partial charge on any atom is -0.467 e. The number of nitrogens with one attached hydrogen (secondary N) is 3. The number of urea groups is 1. The number of carbonyl (C=O) groups excluding carboxylic acids is 2. The summed E-state index contributed by atoms with van der Waals surface area (Å²) in [7, 11) is 1.40. The molecule has 2 aromatic rings. The van der Waals surface area contributed by atoms with Crippen molar-refractivity contribution in [3.05, 3.63) is 53.7 Å². The van der Waals surface area contributed by atoms with Gasteiger partial charge in [0.1, 0.15) is 11.6 Å². The molecule has 7 heteroatoms. The Morgan fingerprint density at radius 2 is 2.10 bits per heavy atom. The average Bonchev–Trinajstić information content (AvgIpc) is 2.99. The average molecular weight is 291 g/mol. The molecule has 0 aliphatic heterocycles. The van der Waals surface area contributed by atoms with Crippen LogP contribution in [-0.2, 0) is 6.54 Å². The van der Waals surface area contributed by atoms with E-state index in [0.29, 0.717) is 11.4 Å². The molecule has 0 saturated heterocycles. The van der Waals surface area contributed by atoms with Crippen LogP contribution in [0.25, 0.3) is 0 Å². The monoisotopic (exact) mass is 291 g/mol. The maximum absolute atomic E-state index is 13.5. The van der Waals surface area contributed by atoms with E-state index < -0.39 is 17.8 Å². The molecule has 1 heterocycles. The number of anilines is 1. The van der Waals surface area contributed by atoms with Crippen LogP contribution in [0.1, 0.15) is 16.1 Å². The Morgan fingerprint density at radius 3 is 2.76 bits per heavy atom. The fourth-order valence-corrected chi connectivity index (χ4v) is 1.67. The summed E-state index contributed by atoms with van der Waals surface area (Å²) in [6, 6.07) is 6.70. The van der Waals surface area contributed by atoms with E-state index in [1.807, 2.05) is 0 Å². The second-order valence-electron chi connectivity index (χ2n) is 4.16. The zero-order valence-electron chi connectivity index (χ0n) is 11.3. The van der Waals surface area contributed by atoms with Gasteiger partial charge in [0.05, 0.1) is 18.4 Å². The highest BCUT2D eigenvalue weighted by Crippen LogP contribution is 2.14. The highest BCUT2D eigenvalue weighted by Gasteiger charge is 2.12. The molecule has 1 aromatic heterocycles. The second-order valence-corrected chi connectivity index (χ2v) is 4.16. The first-order chi connectivity index (χ1) is 10.1. The third-order valence-corrected chi connectivity index (χ3v) is 2.70. The van der Waals surface area contributed by atoms with E-state index in [4.69, 9.17) is 4.42 Å². The fraction of sp³-hybridized carbons (Fsp3) is 0.143. The molecule has 0 spiro atoms. The Labute approximate surface area is 120 Å². The fourth-order valence-electron chi connectivity index (χ4n) is 1.67. The summed E-state index contributed by atoms with van der Waals surface area (Å²) in [5.74, 6) is -0.613. The van der Waals surface area contributed by atoms with Gasteiger partial charge in [-0.2, -0.15) is 0 Å². The molecule has 0 atom stereocenters. The van der Waals surface area contributed by atoms with Crippen molar-refractivity contribution < 1.29 is 18.4 Å². The number of furan rings is 1. The Morgan fingerprint density at radius 1 is 1.29 bits per heavy atom. The molecule has 110 valence electrons. The van der Waals surface area contributed by atoms with Crippen molar-refractivity contribution in [2.24, 2.45) is 0 Å². The van der Waals surface area contributed by atoms with E-state index in [1.54, 1.807) is 12.1 Å². The van der Waals surface area contributed by atoms with Crippen molar-refractivity contribution in [1.82, 2.24) is 10.6 Å². The number of rotatable bonds is 4. The Bertz CT molecular complexity index is 641. The van der Waals surface area contributed by atoms with Gasteiger partial charge in [-0.15, -0.1) is 0 Å². The van der Waals surface area contributed by atoms with Crippen molar-refractivity contribution in [2.75, 3.05) is 12.4 Å². The largest absolute Gasteiger partial charge is 0.467 e. The van der Waals surface area contributed by atoms with Crippen molar-refractivity contribution in [2.45, 2.75) is 6.54 Å². The third-order valence-electron chi connectivity index (χ3n) is 2.70. The van der Waals surface area contributed by atoms with Crippen LogP contribution in [0.4, 0.5) is 14.9 Å². The summed E-state index contributed by atoms with van der Waals surface area (Å²) in [6.07, 6.45) is 1.50. The molecule has 3 amide bonds. The third kappa shape index (κ3) is 3.82. The smallest absolute Gasteiger partial charge is 0.319 e. The number of hydrogen-bond donors (Lipinski definition) is 3. The summed E-state index contributed by atoms with van der Waals surface area (Å²) < 4.78 is 18.5. The minimum absolute atomic E-state index is 0.138. The van der Waals surface area contributed by atoms with E-state index in [-0.39, 0.29) is 12.1 Å². The van der Waals surface area contributed by atoms with Crippen molar-refractivity contribution in [1.29, 1.82) is 0 Å². The van der Waals surface area contributed by atoms with Crippen LogP contribution in [0.2, 0.25) is 0 Å². The van der Waals surface area contributed by atoms with Crippen LogP contribution >= 0.6 is 0 Å². The van der Waals surface area contributed by atoms with Crippen molar-refractivity contribution in [3.8, 4) is 0 Å². The van der Waals surface area contributed by atoms with Gasteiger partial charge in [-0.05, 0) is 30.3 Å². The van der Waals surface area contributed by atoms with Gasteiger partial charge < -0.3 is 20.4 Å². The van der Waals surface area contributed by atoms with Gasteiger partial charge in [0, 0.05) is 12.7 Å². The van der Waals surface area contributed by atoms with E-state index >= 15 is 0 Å². The molecule has 0 saturated carbocycles. The SMILES string of the molecule is CNC(=O)c1cc(NC(=O)NCc2ccco2)ccc1F. The highest BCUT2D eigenvalue weighted by atomic mass is 19.1. The molecule has 1 aromatic carbocycles. The molecule has 0 aliphatic rings. The first kappa shape index (κ1) is 14.6. The summed E-state index contributed by atoms with van der Waals surface area (Å²) >= 11 is 0. The maximum Gasteiger partial charge on any atom is 0.319 e. The maximum atomic E-state index is 13.5. The summed E-state index contributed by atoms with van der Waals surface area (Å²) in [5, 5.41) is 7.41. The molecule has 0 fully saturated rings. The first-order valence-corrected chi connectivity index (χ1v) is 6.19. The summed E-state index contributed by atoms with van der Waals surface area (Å²) in [6.45, 7) is 0.225. The lowest BCUT2D eigenvalue weighted by atomic mass is 10.1. The first-order valence-electron chi connectivity index (χ1n) is 6.19. The minimum atomic E-state index is -0.657. The zero-order valence-corrected chi connectivity index (χ0v) is 11.3. The van der Waals surface area contributed by atoms with Crippen molar-refractivity contribution >= 4 is 17.6 Å². The van der Waals surface area contributed by atoms with Crippen molar-refractivity contribution in [3.63, 3.8) is 0 Å². The van der Waals surface area contributed by atoms with Gasteiger partial charge in [0.2, 0.25) is 0 Å². The molecule has 0 bridgehead atoms. The van der Waals surface area contributed by atoms with Crippen LogP contribution < -0.4 is 16.0 Å². The van der Waals surface area contributed by atoms with Crippen LogP contribution in [-0.4, -0.2) is 19.0 Å². The van der Waals surface area contributed by atoms with Gasteiger partial charge in [-0.25, -0.2) is 9.18 Å². The molecular formula is C14H14FN3O3. The lowest BCUT2D eigenvalue weighted by molar-refractivity contribution is 0.0959. The van der Waals surface area contributed by atoms with E-state index in [9.17, 15) is 14.0 Å². The van der Waals surface area contributed by atoms with Gasteiger partial charge in [-0.3, -0.25) is 4.79 Å². The molecule has 6 nitrogen and oxygen atoms in total. The van der Waals surface area contributed by atoms with E-state index in [2.05, 4.69) is 16.0 Å². The Kier molecular flexibility index (Phi) is 4.55. The second kappa shape index (κ2) is 6.56. The quantitative estimate of drug-likeness (QED) is 0.806. The number of carbonyl (C=O) groups is 2. The predicted molar refractivity (Wildman–Crippen MR) is 74.4 cm³/mol. The van der Waals surface area contributed by atoms with E-state index in [1.165, 1.54) is 25.4 Å². The standard InChI is InChI=1S/C14H14FN3O3/c1-16-13(19)11-7-9(4-5-12(11)15)18-14(20)17-8-10-3-2-6-21-10/h2-7H,8H2,1H3,(H,16,19)(H2,17,18,20). The molecule has 2 rings (SSSR count). The van der Waals surface area contributed by atoms with Gasteiger partial charge in [0.15, 0.2) is 0 Å². The lowest BCUT2D eigenvalue weighted by Gasteiger charge is -2.08. The molecule has 0 unspecified atom stereocenters. The number of hydrogen-bond acceptors (Lipinski definition) is 3. The molecule has 0 aliphatic carbocycles. The number of amides is 3.